The van der Waals surface area contributed by atoms with Crippen molar-refractivity contribution in [3.8, 4) is 0 Å². The van der Waals surface area contributed by atoms with E-state index in [2.05, 4.69) is 0 Å². The molecule has 0 aliphatic carbocycles. The molecule has 0 saturated carbocycles. The predicted octanol–water partition coefficient (Wildman–Crippen LogP) is 2.25. The normalized spacial score (nSPS) is 12.9. The van der Waals surface area contributed by atoms with Crippen LogP contribution in [0.4, 0.5) is 17.6 Å². The molecule has 0 heterocycles. The lowest BCUT2D eigenvalue weighted by molar-refractivity contribution is -0.137. The van der Waals surface area contributed by atoms with Crippen LogP contribution in [-0.2, 0) is 16.0 Å². The Balaban J connectivity index is 3.43. The Morgan fingerprint density at radius 1 is 1.20 bits per heavy atom. The molecule has 0 amide bonds. The highest BCUT2D eigenvalue weighted by atomic mass is 32.2. The third-order valence-corrected chi connectivity index (χ3v) is 2.77. The molecule has 0 radical (unpaired) electrons. The van der Waals surface area contributed by atoms with E-state index in [1.54, 1.807) is 0 Å². The summed E-state index contributed by atoms with van der Waals surface area (Å²) >= 11 is 0. The van der Waals surface area contributed by atoms with Crippen molar-refractivity contribution in [2.45, 2.75) is 11.1 Å². The van der Waals surface area contributed by atoms with E-state index in [1.807, 2.05) is 0 Å². The highest BCUT2D eigenvalue weighted by Crippen LogP contribution is 2.31. The Bertz CT molecular complexity index is 476. The summed E-state index contributed by atoms with van der Waals surface area (Å²) in [5.74, 6) is -1.19. The van der Waals surface area contributed by atoms with Crippen LogP contribution in [0.25, 0.3) is 0 Å². The highest BCUT2D eigenvalue weighted by Gasteiger charge is 2.32. The summed E-state index contributed by atoms with van der Waals surface area (Å²) in [5.41, 5.74) is -1.19. The van der Waals surface area contributed by atoms with Crippen molar-refractivity contribution in [1.82, 2.24) is 0 Å². The molecule has 7 heteroatoms. The van der Waals surface area contributed by atoms with E-state index < -0.39 is 32.3 Å². The average Bonchev–Trinajstić information content (AvgIpc) is 2.00. The van der Waals surface area contributed by atoms with E-state index in [-0.39, 0.29) is 6.07 Å². The molecule has 0 aromatic heterocycles. The maximum Gasteiger partial charge on any atom is 0.416 e. The van der Waals surface area contributed by atoms with Crippen molar-refractivity contribution < 1.29 is 26.0 Å². The van der Waals surface area contributed by atoms with E-state index in [0.717, 1.165) is 0 Å². The second-order valence-electron chi connectivity index (χ2n) is 2.92. The minimum Gasteiger partial charge on any atom is -0.224 e. The van der Waals surface area contributed by atoms with Crippen LogP contribution in [0.2, 0.25) is 0 Å². The fourth-order valence-electron chi connectivity index (χ4n) is 0.964. The summed E-state index contributed by atoms with van der Waals surface area (Å²) in [5, 5.41) is 0. The molecule has 1 aromatic rings. The Kier molecular flexibility index (Phi) is 2.77. The number of alkyl halides is 3. The van der Waals surface area contributed by atoms with Gasteiger partial charge in [-0.05, 0) is 18.2 Å². The first-order valence-electron chi connectivity index (χ1n) is 3.69. The van der Waals surface area contributed by atoms with Gasteiger partial charge in [0.15, 0.2) is 9.84 Å². The fraction of sp³-hybridized carbons (Fsp3) is 0.250. The van der Waals surface area contributed by atoms with Gasteiger partial charge in [0, 0.05) is 6.26 Å². The molecule has 0 aliphatic heterocycles. The molecular formula is C8H6F4O2S. The zero-order valence-corrected chi connectivity index (χ0v) is 8.29. The molecule has 0 unspecified atom stereocenters. The fourth-order valence-corrected chi connectivity index (χ4v) is 1.73. The topological polar surface area (TPSA) is 34.1 Å². The number of hydrogen-bond acceptors (Lipinski definition) is 2. The average molecular weight is 242 g/mol. The minimum absolute atomic E-state index is 0.282. The van der Waals surface area contributed by atoms with E-state index >= 15 is 0 Å². The largest absolute Gasteiger partial charge is 0.416 e. The summed E-state index contributed by atoms with van der Waals surface area (Å²) in [6.45, 7) is 0. The molecule has 0 fully saturated rings. The number of benzene rings is 1. The Morgan fingerprint density at radius 3 is 2.13 bits per heavy atom. The van der Waals surface area contributed by atoms with E-state index in [1.165, 1.54) is 0 Å². The number of hydrogen-bond donors (Lipinski definition) is 0. The molecule has 1 aromatic carbocycles. The maximum atomic E-state index is 12.9. The molecule has 0 aliphatic rings. The summed E-state index contributed by atoms with van der Waals surface area (Å²) < 4.78 is 71.3. The monoisotopic (exact) mass is 242 g/mol. The summed E-state index contributed by atoms with van der Waals surface area (Å²) in [6, 6.07) is 1.26. The first-order valence-corrected chi connectivity index (χ1v) is 5.58. The van der Waals surface area contributed by atoms with Gasteiger partial charge in [-0.1, -0.05) is 0 Å². The van der Waals surface area contributed by atoms with Crippen molar-refractivity contribution in [3.05, 3.63) is 29.6 Å². The van der Waals surface area contributed by atoms with Gasteiger partial charge >= 0.3 is 6.18 Å². The molecule has 2 nitrogen and oxygen atoms in total. The second kappa shape index (κ2) is 3.48. The first kappa shape index (κ1) is 12.0. The van der Waals surface area contributed by atoms with Gasteiger partial charge in [-0.25, -0.2) is 12.8 Å². The van der Waals surface area contributed by atoms with E-state index in [0.29, 0.717) is 18.4 Å². The first-order chi connectivity index (χ1) is 6.62. The Labute approximate surface area is 83.4 Å². The van der Waals surface area contributed by atoms with E-state index in [4.69, 9.17) is 0 Å². The lowest BCUT2D eigenvalue weighted by atomic mass is 10.2. The molecule has 0 bridgehead atoms. The smallest absolute Gasteiger partial charge is 0.224 e. The van der Waals surface area contributed by atoms with Crippen LogP contribution < -0.4 is 0 Å². The molecule has 0 atom stereocenters. The van der Waals surface area contributed by atoms with Gasteiger partial charge in [0.05, 0.1) is 5.56 Å². The zero-order valence-electron chi connectivity index (χ0n) is 7.47. The molecule has 1 rings (SSSR count). The van der Waals surface area contributed by atoms with Crippen molar-refractivity contribution in [2.24, 2.45) is 0 Å². The van der Waals surface area contributed by atoms with Gasteiger partial charge < -0.3 is 0 Å². The van der Waals surface area contributed by atoms with Gasteiger partial charge in [0.1, 0.15) is 10.7 Å². The Morgan fingerprint density at radius 2 is 1.73 bits per heavy atom. The van der Waals surface area contributed by atoms with Gasteiger partial charge in [0.2, 0.25) is 0 Å². The number of sulfone groups is 1. The summed E-state index contributed by atoms with van der Waals surface area (Å²) in [6.07, 6.45) is -4.04. The van der Waals surface area contributed by atoms with Crippen LogP contribution in [-0.4, -0.2) is 14.7 Å². The molecule has 15 heavy (non-hydrogen) atoms. The maximum absolute atomic E-state index is 12.9. The molecule has 84 valence electrons. The van der Waals surface area contributed by atoms with Gasteiger partial charge in [-0.3, -0.25) is 0 Å². The SMILES string of the molecule is CS(=O)(=O)c1cc(C(F)(F)F)ccc1F. The van der Waals surface area contributed by atoms with Crippen molar-refractivity contribution >= 4 is 9.84 Å². The third kappa shape index (κ3) is 2.68. The van der Waals surface area contributed by atoms with Crippen LogP contribution in [0.3, 0.4) is 0 Å². The molecule has 0 saturated heterocycles. The highest BCUT2D eigenvalue weighted by molar-refractivity contribution is 7.90. The molecule has 0 N–H and O–H groups in total. The van der Waals surface area contributed by atoms with Crippen LogP contribution >= 0.6 is 0 Å². The summed E-state index contributed by atoms with van der Waals surface area (Å²) in [4.78, 5) is -0.947. The van der Waals surface area contributed by atoms with Crippen LogP contribution in [0.5, 0.6) is 0 Å². The Hall–Kier alpha value is -1.11. The number of rotatable bonds is 1. The van der Waals surface area contributed by atoms with Crippen molar-refractivity contribution in [1.29, 1.82) is 0 Å². The standard InChI is InChI=1S/C8H6F4O2S/c1-15(13,14)7-4-5(8(10,11)12)2-3-6(7)9/h2-4H,1H3. The number of halogens is 4. The zero-order chi connectivity index (χ0) is 11.9. The van der Waals surface area contributed by atoms with E-state index in [9.17, 15) is 26.0 Å². The van der Waals surface area contributed by atoms with Crippen LogP contribution in [0, 0.1) is 5.82 Å². The van der Waals surface area contributed by atoms with Gasteiger partial charge in [-0.2, -0.15) is 13.2 Å². The summed E-state index contributed by atoms with van der Waals surface area (Å²) in [7, 11) is -3.99. The molecule has 0 spiro atoms. The second-order valence-corrected chi connectivity index (χ2v) is 4.90. The van der Waals surface area contributed by atoms with Crippen molar-refractivity contribution in [3.63, 3.8) is 0 Å². The quantitative estimate of drug-likeness (QED) is 0.708. The van der Waals surface area contributed by atoms with Crippen LogP contribution in [0.1, 0.15) is 5.56 Å². The van der Waals surface area contributed by atoms with Crippen molar-refractivity contribution in [2.75, 3.05) is 6.26 Å². The lowest BCUT2D eigenvalue weighted by Gasteiger charge is -2.08. The predicted molar refractivity (Wildman–Crippen MR) is 44.5 cm³/mol. The third-order valence-electron chi connectivity index (χ3n) is 1.66. The van der Waals surface area contributed by atoms with Gasteiger partial charge in [0.25, 0.3) is 0 Å². The van der Waals surface area contributed by atoms with Gasteiger partial charge in [-0.15, -0.1) is 0 Å². The van der Waals surface area contributed by atoms with Crippen LogP contribution in [0.15, 0.2) is 23.1 Å². The molecular weight excluding hydrogens is 236 g/mol. The minimum atomic E-state index is -4.69. The lowest BCUT2D eigenvalue weighted by Crippen LogP contribution is -2.08.